The number of rotatable bonds is 2. The maximum atomic E-state index is 8.83. The quantitative estimate of drug-likeness (QED) is 0.634. The molecule has 1 atom stereocenters. The van der Waals surface area contributed by atoms with Gasteiger partial charge in [0.15, 0.2) is 0 Å². The number of nitrogens with zero attached hydrogens (tertiary/aromatic N) is 4. The van der Waals surface area contributed by atoms with E-state index in [9.17, 15) is 0 Å². The third kappa shape index (κ3) is 2.84. The van der Waals surface area contributed by atoms with Crippen molar-refractivity contribution in [2.24, 2.45) is 11.1 Å². The van der Waals surface area contributed by atoms with E-state index < -0.39 is 0 Å². The number of aromatic nitrogens is 1. The Labute approximate surface area is 106 Å². The van der Waals surface area contributed by atoms with E-state index in [1.165, 1.54) is 0 Å². The number of hydrogen-bond donors (Lipinski definition) is 1. The van der Waals surface area contributed by atoms with E-state index in [4.69, 9.17) is 10.5 Å². The standard InChI is InChI=1S/C13H16N4O/c1-10-8-17(5-3-13(10)16-18)9-11-2-4-15-12(6-11)7-14/h2,4,6,10,18H,3,5,8-9H2,1H3/b16-13+. The molecule has 0 aromatic carbocycles. The van der Waals surface area contributed by atoms with Gasteiger partial charge in [-0.2, -0.15) is 5.26 Å². The zero-order valence-electron chi connectivity index (χ0n) is 10.4. The molecule has 0 radical (unpaired) electrons. The number of pyridine rings is 1. The maximum Gasteiger partial charge on any atom is 0.140 e. The molecule has 0 spiro atoms. The first kappa shape index (κ1) is 12.5. The lowest BCUT2D eigenvalue weighted by Gasteiger charge is -2.31. The minimum absolute atomic E-state index is 0.279. The second-order valence-electron chi connectivity index (χ2n) is 4.64. The molecule has 1 aliphatic heterocycles. The Morgan fingerprint density at radius 1 is 1.67 bits per heavy atom. The van der Waals surface area contributed by atoms with Gasteiger partial charge in [-0.15, -0.1) is 0 Å². The van der Waals surface area contributed by atoms with Gasteiger partial charge in [0.2, 0.25) is 0 Å². The van der Waals surface area contributed by atoms with Crippen molar-refractivity contribution >= 4 is 5.71 Å². The topological polar surface area (TPSA) is 72.5 Å². The van der Waals surface area contributed by atoms with Crippen molar-refractivity contribution in [3.8, 4) is 6.07 Å². The van der Waals surface area contributed by atoms with Gasteiger partial charge in [-0.3, -0.25) is 4.90 Å². The van der Waals surface area contributed by atoms with Gasteiger partial charge in [0.05, 0.1) is 5.71 Å². The van der Waals surface area contributed by atoms with E-state index in [1.54, 1.807) is 6.20 Å². The fourth-order valence-corrected chi connectivity index (χ4v) is 2.29. The van der Waals surface area contributed by atoms with Crippen LogP contribution < -0.4 is 0 Å². The Morgan fingerprint density at radius 2 is 2.50 bits per heavy atom. The summed E-state index contributed by atoms with van der Waals surface area (Å²) in [5.41, 5.74) is 2.42. The third-order valence-corrected chi connectivity index (χ3v) is 3.26. The van der Waals surface area contributed by atoms with Gasteiger partial charge in [0, 0.05) is 38.2 Å². The summed E-state index contributed by atoms with van der Waals surface area (Å²) in [4.78, 5) is 6.26. The first-order valence-electron chi connectivity index (χ1n) is 6.01. The van der Waals surface area contributed by atoms with Crippen LogP contribution in [0.4, 0.5) is 0 Å². The number of hydrogen-bond acceptors (Lipinski definition) is 5. The van der Waals surface area contributed by atoms with E-state index >= 15 is 0 Å². The van der Waals surface area contributed by atoms with Gasteiger partial charge in [0.1, 0.15) is 11.8 Å². The van der Waals surface area contributed by atoms with Crippen LogP contribution in [0.5, 0.6) is 0 Å². The van der Waals surface area contributed by atoms with Crippen molar-refractivity contribution in [1.82, 2.24) is 9.88 Å². The highest BCUT2D eigenvalue weighted by molar-refractivity contribution is 5.86. The molecule has 1 unspecified atom stereocenters. The van der Waals surface area contributed by atoms with Gasteiger partial charge in [0.25, 0.3) is 0 Å². The largest absolute Gasteiger partial charge is 0.411 e. The number of likely N-dealkylation sites (tertiary alicyclic amines) is 1. The predicted octanol–water partition coefficient (Wildman–Crippen LogP) is 1.63. The molecule has 0 bridgehead atoms. The molecule has 1 N–H and O–H groups in total. The average molecular weight is 244 g/mol. The lowest BCUT2D eigenvalue weighted by Crippen LogP contribution is -2.39. The van der Waals surface area contributed by atoms with E-state index in [0.29, 0.717) is 5.69 Å². The third-order valence-electron chi connectivity index (χ3n) is 3.26. The summed E-state index contributed by atoms with van der Waals surface area (Å²) >= 11 is 0. The summed E-state index contributed by atoms with van der Waals surface area (Å²) in [7, 11) is 0. The lowest BCUT2D eigenvalue weighted by molar-refractivity contribution is 0.228. The molecule has 94 valence electrons. The highest BCUT2D eigenvalue weighted by atomic mass is 16.4. The molecule has 1 aliphatic rings. The monoisotopic (exact) mass is 244 g/mol. The Balaban J connectivity index is 2.00. The summed E-state index contributed by atoms with van der Waals surface area (Å²) in [6.45, 7) is 4.63. The molecule has 0 saturated carbocycles. The van der Waals surface area contributed by atoms with Crippen molar-refractivity contribution in [3.63, 3.8) is 0 Å². The van der Waals surface area contributed by atoms with E-state index in [2.05, 4.69) is 22.0 Å². The zero-order chi connectivity index (χ0) is 13.0. The van der Waals surface area contributed by atoms with Gasteiger partial charge in [-0.05, 0) is 17.7 Å². The van der Waals surface area contributed by atoms with Gasteiger partial charge in [-0.1, -0.05) is 12.1 Å². The average Bonchev–Trinajstić information content (AvgIpc) is 2.39. The molecular weight excluding hydrogens is 228 g/mol. The molecule has 0 amide bonds. The van der Waals surface area contributed by atoms with E-state index in [1.807, 2.05) is 18.2 Å². The second kappa shape index (κ2) is 5.61. The minimum Gasteiger partial charge on any atom is -0.411 e. The van der Waals surface area contributed by atoms with Crippen LogP contribution in [0.15, 0.2) is 23.5 Å². The zero-order valence-corrected chi connectivity index (χ0v) is 10.4. The fraction of sp³-hybridized carbons (Fsp3) is 0.462. The highest BCUT2D eigenvalue weighted by Gasteiger charge is 2.22. The van der Waals surface area contributed by atoms with Crippen molar-refractivity contribution in [2.75, 3.05) is 13.1 Å². The maximum absolute atomic E-state index is 8.83. The number of piperidine rings is 1. The normalized spacial score (nSPS) is 22.9. The van der Waals surface area contributed by atoms with Crippen LogP contribution in [0.2, 0.25) is 0 Å². The second-order valence-corrected chi connectivity index (χ2v) is 4.64. The molecule has 2 rings (SSSR count). The molecule has 0 aliphatic carbocycles. The highest BCUT2D eigenvalue weighted by Crippen LogP contribution is 2.16. The number of oxime groups is 1. The van der Waals surface area contributed by atoms with Crippen LogP contribution in [0.1, 0.15) is 24.6 Å². The molecular formula is C13H16N4O. The first-order chi connectivity index (χ1) is 8.72. The van der Waals surface area contributed by atoms with Gasteiger partial charge < -0.3 is 5.21 Å². The Kier molecular flexibility index (Phi) is 3.90. The molecule has 1 aromatic heterocycles. The molecule has 1 fully saturated rings. The Hall–Kier alpha value is -1.93. The van der Waals surface area contributed by atoms with Crippen LogP contribution in [0, 0.1) is 17.2 Å². The van der Waals surface area contributed by atoms with Crippen molar-refractivity contribution in [1.29, 1.82) is 5.26 Å². The minimum atomic E-state index is 0.279. The SMILES string of the molecule is CC1CN(Cc2ccnc(C#N)c2)CC/C1=N\O. The molecule has 1 aromatic rings. The summed E-state index contributed by atoms with van der Waals surface area (Å²) in [6.07, 6.45) is 2.47. The van der Waals surface area contributed by atoms with Crippen LogP contribution in [-0.2, 0) is 6.54 Å². The van der Waals surface area contributed by atoms with E-state index in [0.717, 1.165) is 37.3 Å². The summed E-state index contributed by atoms with van der Waals surface area (Å²) in [5, 5.41) is 21.0. The predicted molar refractivity (Wildman–Crippen MR) is 67.2 cm³/mol. The summed E-state index contributed by atoms with van der Waals surface area (Å²) in [6, 6.07) is 5.80. The van der Waals surface area contributed by atoms with Gasteiger partial charge in [-0.25, -0.2) is 4.98 Å². The first-order valence-corrected chi connectivity index (χ1v) is 6.01. The van der Waals surface area contributed by atoms with Crippen molar-refractivity contribution in [2.45, 2.75) is 19.9 Å². The van der Waals surface area contributed by atoms with Crippen LogP contribution >= 0.6 is 0 Å². The summed E-state index contributed by atoms with van der Waals surface area (Å²) < 4.78 is 0. The van der Waals surface area contributed by atoms with Crippen LogP contribution in [0.25, 0.3) is 0 Å². The molecule has 5 heteroatoms. The van der Waals surface area contributed by atoms with Gasteiger partial charge >= 0.3 is 0 Å². The fourth-order valence-electron chi connectivity index (χ4n) is 2.29. The molecule has 2 heterocycles. The summed E-state index contributed by atoms with van der Waals surface area (Å²) in [5.74, 6) is 0.279. The lowest BCUT2D eigenvalue weighted by atomic mass is 9.97. The van der Waals surface area contributed by atoms with Crippen molar-refractivity contribution < 1.29 is 5.21 Å². The smallest absolute Gasteiger partial charge is 0.140 e. The van der Waals surface area contributed by atoms with E-state index in [-0.39, 0.29) is 5.92 Å². The molecule has 5 nitrogen and oxygen atoms in total. The van der Waals surface area contributed by atoms with Crippen LogP contribution in [-0.4, -0.2) is 33.9 Å². The molecule has 18 heavy (non-hydrogen) atoms. The van der Waals surface area contributed by atoms with Crippen LogP contribution in [0.3, 0.4) is 0 Å². The van der Waals surface area contributed by atoms with Crippen molar-refractivity contribution in [3.05, 3.63) is 29.6 Å². The Morgan fingerprint density at radius 3 is 3.17 bits per heavy atom. The molecule has 1 saturated heterocycles. The Bertz CT molecular complexity index is 492. The number of nitriles is 1.